The molecule has 4 aromatic heterocycles. The summed E-state index contributed by atoms with van der Waals surface area (Å²) < 4.78 is 8.78. The van der Waals surface area contributed by atoms with Crippen LogP contribution in [0.2, 0.25) is 5.02 Å². The van der Waals surface area contributed by atoms with E-state index in [4.69, 9.17) is 22.1 Å². The Morgan fingerprint density at radius 2 is 1.97 bits per heavy atom. The van der Waals surface area contributed by atoms with Crippen LogP contribution in [0.5, 0.6) is 5.88 Å². The summed E-state index contributed by atoms with van der Waals surface area (Å²) in [6, 6.07) is 3.44. The first-order valence-corrected chi connectivity index (χ1v) is 10.4. The second-order valence-electron chi connectivity index (χ2n) is 8.77. The highest BCUT2D eigenvalue weighted by Gasteiger charge is 2.20. The predicted octanol–water partition coefficient (Wildman–Crippen LogP) is 3.70. The van der Waals surface area contributed by atoms with Gasteiger partial charge >= 0.3 is 0 Å². The standard InChI is InChI=1S/C22H24ClN7O2/c1-22(2,3)11-29-10-13(8-27-29)5-18(31)15-6-14(9-25-21(15)32-4)17-7-16(23)19-20(24)26-12-28-30(17)19/h6-10,12H,5,11H2,1-4H3,(H2,24,26,28). The van der Waals surface area contributed by atoms with Crippen LogP contribution in [-0.4, -0.2) is 42.3 Å². The molecule has 0 saturated heterocycles. The minimum absolute atomic E-state index is 0.0863. The largest absolute Gasteiger partial charge is 0.480 e. The Morgan fingerprint density at radius 3 is 2.69 bits per heavy atom. The van der Waals surface area contributed by atoms with Gasteiger partial charge in [-0.3, -0.25) is 9.48 Å². The van der Waals surface area contributed by atoms with Crippen molar-refractivity contribution in [2.24, 2.45) is 5.41 Å². The number of carbonyl (C=O) groups is 1. The van der Waals surface area contributed by atoms with Gasteiger partial charge in [0.25, 0.3) is 0 Å². The molecule has 0 spiro atoms. The van der Waals surface area contributed by atoms with Gasteiger partial charge in [-0.1, -0.05) is 32.4 Å². The zero-order valence-electron chi connectivity index (χ0n) is 18.3. The fourth-order valence-corrected chi connectivity index (χ4v) is 3.81. The van der Waals surface area contributed by atoms with Gasteiger partial charge in [-0.15, -0.1) is 0 Å². The number of anilines is 1. The number of nitrogens with two attached hydrogens (primary N) is 1. The Hall–Kier alpha value is -3.46. The van der Waals surface area contributed by atoms with Gasteiger partial charge in [0.1, 0.15) is 11.8 Å². The van der Waals surface area contributed by atoms with E-state index in [9.17, 15) is 4.79 Å². The summed E-state index contributed by atoms with van der Waals surface area (Å²) in [5.41, 5.74) is 9.01. The van der Waals surface area contributed by atoms with Crippen molar-refractivity contribution in [3.05, 3.63) is 53.2 Å². The van der Waals surface area contributed by atoms with Crippen LogP contribution in [0.3, 0.4) is 0 Å². The number of aromatic nitrogens is 6. The van der Waals surface area contributed by atoms with Crippen molar-refractivity contribution in [1.82, 2.24) is 29.4 Å². The van der Waals surface area contributed by atoms with Crippen LogP contribution in [0.4, 0.5) is 5.82 Å². The molecule has 0 unspecified atom stereocenters. The van der Waals surface area contributed by atoms with Crippen LogP contribution >= 0.6 is 11.6 Å². The van der Waals surface area contributed by atoms with Crippen molar-refractivity contribution in [3.8, 4) is 17.1 Å². The Balaban J connectivity index is 1.68. The molecule has 4 rings (SSSR count). The van der Waals surface area contributed by atoms with Gasteiger partial charge in [0.2, 0.25) is 5.88 Å². The van der Waals surface area contributed by atoms with Gasteiger partial charge in [0.15, 0.2) is 11.6 Å². The highest BCUT2D eigenvalue weighted by atomic mass is 35.5. The van der Waals surface area contributed by atoms with E-state index in [0.29, 0.717) is 27.4 Å². The van der Waals surface area contributed by atoms with E-state index in [-0.39, 0.29) is 29.3 Å². The number of fused-ring (bicyclic) bond motifs is 1. The maximum atomic E-state index is 13.2. The second-order valence-corrected chi connectivity index (χ2v) is 9.18. The topological polar surface area (TPSA) is 113 Å². The average molecular weight is 454 g/mol. The van der Waals surface area contributed by atoms with Gasteiger partial charge < -0.3 is 10.5 Å². The van der Waals surface area contributed by atoms with Crippen molar-refractivity contribution in [2.45, 2.75) is 33.7 Å². The molecule has 166 valence electrons. The molecule has 0 aliphatic carbocycles. The van der Waals surface area contributed by atoms with E-state index in [0.717, 1.165) is 12.1 Å². The lowest BCUT2D eigenvalue weighted by molar-refractivity contribution is 0.0989. The molecule has 0 radical (unpaired) electrons. The smallest absolute Gasteiger partial charge is 0.224 e. The fourth-order valence-electron chi connectivity index (χ4n) is 3.53. The molecule has 10 heteroatoms. The Bertz CT molecular complexity index is 1300. The first-order chi connectivity index (χ1) is 15.2. The van der Waals surface area contributed by atoms with E-state index >= 15 is 0 Å². The van der Waals surface area contributed by atoms with Crippen molar-refractivity contribution >= 4 is 28.7 Å². The van der Waals surface area contributed by atoms with Crippen molar-refractivity contribution < 1.29 is 9.53 Å². The van der Waals surface area contributed by atoms with E-state index in [1.165, 1.54) is 13.4 Å². The third-order valence-corrected chi connectivity index (χ3v) is 5.15. The summed E-state index contributed by atoms with van der Waals surface area (Å²) in [5.74, 6) is 0.385. The van der Waals surface area contributed by atoms with Gasteiger partial charge in [-0.25, -0.2) is 14.5 Å². The summed E-state index contributed by atoms with van der Waals surface area (Å²) >= 11 is 6.35. The number of ketones is 1. The maximum Gasteiger partial charge on any atom is 0.224 e. The molecule has 0 atom stereocenters. The average Bonchev–Trinajstić information content (AvgIpc) is 3.30. The van der Waals surface area contributed by atoms with Crippen LogP contribution < -0.4 is 10.5 Å². The summed E-state index contributed by atoms with van der Waals surface area (Å²) in [5, 5.41) is 9.03. The summed E-state index contributed by atoms with van der Waals surface area (Å²) in [6.07, 6.45) is 6.74. The number of methoxy groups -OCH3 is 1. The molecule has 0 amide bonds. The van der Waals surface area contributed by atoms with Crippen LogP contribution in [-0.2, 0) is 13.0 Å². The summed E-state index contributed by atoms with van der Waals surface area (Å²) in [7, 11) is 1.48. The zero-order chi connectivity index (χ0) is 23.0. The van der Waals surface area contributed by atoms with Crippen LogP contribution in [0.15, 0.2) is 37.1 Å². The highest BCUT2D eigenvalue weighted by molar-refractivity contribution is 6.35. The summed E-state index contributed by atoms with van der Waals surface area (Å²) in [4.78, 5) is 21.5. The first kappa shape index (κ1) is 21.8. The van der Waals surface area contributed by atoms with E-state index in [1.807, 2.05) is 10.9 Å². The van der Waals surface area contributed by atoms with Crippen LogP contribution in [0.25, 0.3) is 16.8 Å². The van der Waals surface area contributed by atoms with Crippen molar-refractivity contribution in [3.63, 3.8) is 0 Å². The monoisotopic (exact) mass is 453 g/mol. The number of halogens is 1. The lowest BCUT2D eigenvalue weighted by atomic mass is 9.97. The third kappa shape index (κ3) is 4.29. The Kier molecular flexibility index (Phi) is 5.60. The molecule has 9 nitrogen and oxygen atoms in total. The number of hydrogen-bond acceptors (Lipinski definition) is 7. The number of pyridine rings is 1. The molecule has 32 heavy (non-hydrogen) atoms. The first-order valence-electron chi connectivity index (χ1n) is 10.0. The number of ether oxygens (including phenoxy) is 1. The zero-order valence-corrected chi connectivity index (χ0v) is 19.1. The van der Waals surface area contributed by atoms with E-state index in [1.54, 1.807) is 29.0 Å². The summed E-state index contributed by atoms with van der Waals surface area (Å²) in [6.45, 7) is 7.17. The van der Waals surface area contributed by atoms with Gasteiger partial charge in [0, 0.05) is 30.9 Å². The van der Waals surface area contributed by atoms with E-state index in [2.05, 4.69) is 40.9 Å². The fraction of sp³-hybridized carbons (Fsp3) is 0.318. The normalized spacial score (nSPS) is 11.8. The Labute approximate surface area is 190 Å². The predicted molar refractivity (Wildman–Crippen MR) is 122 cm³/mol. The molecule has 0 saturated carbocycles. The molecule has 0 fully saturated rings. The molecule has 4 aromatic rings. The lowest BCUT2D eigenvalue weighted by Crippen LogP contribution is -2.15. The SMILES string of the molecule is COc1ncc(-c2cc(Cl)c3c(N)ncnn23)cc1C(=O)Cc1cnn(CC(C)(C)C)c1. The number of nitrogens with zero attached hydrogens (tertiary/aromatic N) is 6. The highest BCUT2D eigenvalue weighted by Crippen LogP contribution is 2.32. The Morgan fingerprint density at radius 1 is 1.19 bits per heavy atom. The molecular weight excluding hydrogens is 430 g/mol. The van der Waals surface area contributed by atoms with Crippen molar-refractivity contribution in [1.29, 1.82) is 0 Å². The van der Waals surface area contributed by atoms with Crippen molar-refractivity contribution in [2.75, 3.05) is 12.8 Å². The molecular formula is C22H24ClN7O2. The van der Waals surface area contributed by atoms with Gasteiger partial charge in [-0.05, 0) is 23.1 Å². The minimum atomic E-state index is -0.132. The molecule has 0 aliphatic rings. The third-order valence-electron chi connectivity index (χ3n) is 4.86. The molecule has 0 aliphatic heterocycles. The van der Waals surface area contributed by atoms with E-state index < -0.39 is 0 Å². The van der Waals surface area contributed by atoms with Gasteiger partial charge in [0.05, 0.1) is 29.6 Å². The quantitative estimate of drug-likeness (QED) is 0.442. The minimum Gasteiger partial charge on any atom is -0.480 e. The number of hydrogen-bond donors (Lipinski definition) is 1. The lowest BCUT2D eigenvalue weighted by Gasteiger charge is -2.17. The second kappa shape index (κ2) is 8.23. The molecule has 0 bridgehead atoms. The number of carbonyl (C=O) groups excluding carboxylic acids is 1. The number of nitrogen functional groups attached to an aromatic ring is 1. The molecule has 2 N–H and O–H groups in total. The van der Waals surface area contributed by atoms with Crippen LogP contribution in [0, 0.1) is 5.41 Å². The van der Waals surface area contributed by atoms with Gasteiger partial charge in [-0.2, -0.15) is 10.2 Å². The molecule has 4 heterocycles. The molecule has 0 aromatic carbocycles. The number of rotatable bonds is 6. The maximum absolute atomic E-state index is 13.2. The van der Waals surface area contributed by atoms with Crippen LogP contribution in [0.1, 0.15) is 36.7 Å². The number of Topliss-reactive ketones (excluding diaryl/α,β-unsaturated/α-hetero) is 1.